The Bertz CT molecular complexity index is 176. The van der Waals surface area contributed by atoms with Crippen molar-refractivity contribution in [3.63, 3.8) is 0 Å². The van der Waals surface area contributed by atoms with Gasteiger partial charge in [-0.1, -0.05) is 27.7 Å². The maximum Gasteiger partial charge on any atom is 0.408 e. The first-order valence-corrected chi connectivity index (χ1v) is 4.93. The topological polar surface area (TPSA) is 38.3 Å². The third kappa shape index (κ3) is 2.90. The number of cyclic esters (lactones) is 1. The largest absolute Gasteiger partial charge is 0.441 e. The molecule has 0 aromatic rings. The summed E-state index contributed by atoms with van der Waals surface area (Å²) < 4.78 is 5.07. The van der Waals surface area contributed by atoms with Gasteiger partial charge in [0, 0.05) is 0 Å². The van der Waals surface area contributed by atoms with Crippen LogP contribution in [-0.4, -0.2) is 17.7 Å². The standard InChI is InChI=1S/C8H15NO2.C2H6/c1-5(2)6-8(3,4)11-7(10)9-6;1-2/h5-6H,1-4H3,(H,9,10);1-2H3. The first kappa shape index (κ1) is 12.3. The Balaban J connectivity index is 0.000000671. The number of amides is 1. The lowest BCUT2D eigenvalue weighted by atomic mass is 9.90. The first-order valence-electron chi connectivity index (χ1n) is 4.93. The third-order valence-corrected chi connectivity index (χ3v) is 2.04. The summed E-state index contributed by atoms with van der Waals surface area (Å²) in [6, 6.07) is 0.134. The van der Waals surface area contributed by atoms with Crippen LogP contribution in [0.2, 0.25) is 0 Å². The van der Waals surface area contributed by atoms with Gasteiger partial charge in [-0.15, -0.1) is 0 Å². The maximum absolute atomic E-state index is 10.8. The average Bonchev–Trinajstić information content (AvgIpc) is 2.28. The van der Waals surface area contributed by atoms with Crippen LogP contribution >= 0.6 is 0 Å². The number of hydrogen-bond acceptors (Lipinski definition) is 2. The fraction of sp³-hybridized carbons (Fsp3) is 0.900. The summed E-state index contributed by atoms with van der Waals surface area (Å²) in [4.78, 5) is 10.8. The molecule has 1 aliphatic rings. The zero-order valence-corrected chi connectivity index (χ0v) is 9.47. The monoisotopic (exact) mass is 187 g/mol. The zero-order valence-electron chi connectivity index (χ0n) is 9.47. The predicted molar refractivity (Wildman–Crippen MR) is 53.7 cm³/mol. The Hall–Kier alpha value is -0.730. The molecule has 1 saturated heterocycles. The van der Waals surface area contributed by atoms with Gasteiger partial charge in [0.25, 0.3) is 0 Å². The molecular formula is C10H21NO2. The van der Waals surface area contributed by atoms with Crippen molar-refractivity contribution in [2.24, 2.45) is 5.92 Å². The summed E-state index contributed by atoms with van der Waals surface area (Å²) in [6.45, 7) is 12.0. The summed E-state index contributed by atoms with van der Waals surface area (Å²) in [7, 11) is 0. The number of alkyl carbamates (subject to hydrolysis) is 1. The summed E-state index contributed by atoms with van der Waals surface area (Å²) in [5.74, 6) is 0.413. The van der Waals surface area contributed by atoms with Gasteiger partial charge in [-0.3, -0.25) is 0 Å². The predicted octanol–water partition coefficient (Wildman–Crippen LogP) is 2.56. The fourth-order valence-electron chi connectivity index (χ4n) is 1.60. The van der Waals surface area contributed by atoms with Crippen LogP contribution in [0.25, 0.3) is 0 Å². The smallest absolute Gasteiger partial charge is 0.408 e. The lowest BCUT2D eigenvalue weighted by molar-refractivity contribution is 0.0588. The molecule has 1 amide bonds. The molecule has 1 rings (SSSR count). The number of nitrogens with one attached hydrogen (secondary N) is 1. The second-order valence-corrected chi connectivity index (χ2v) is 3.86. The minimum absolute atomic E-state index is 0.134. The summed E-state index contributed by atoms with van der Waals surface area (Å²) in [5, 5.41) is 2.78. The van der Waals surface area contributed by atoms with E-state index in [-0.39, 0.29) is 17.7 Å². The fourth-order valence-corrected chi connectivity index (χ4v) is 1.60. The lowest BCUT2D eigenvalue weighted by Crippen LogP contribution is -2.42. The Kier molecular flexibility index (Phi) is 4.24. The van der Waals surface area contributed by atoms with Crippen LogP contribution in [0.1, 0.15) is 41.5 Å². The van der Waals surface area contributed by atoms with E-state index < -0.39 is 0 Å². The highest BCUT2D eigenvalue weighted by molar-refractivity contribution is 5.71. The van der Waals surface area contributed by atoms with E-state index in [0.717, 1.165) is 0 Å². The molecule has 0 aromatic carbocycles. The molecule has 3 nitrogen and oxygen atoms in total. The molecule has 0 aromatic heterocycles. The van der Waals surface area contributed by atoms with Crippen molar-refractivity contribution in [1.82, 2.24) is 5.32 Å². The average molecular weight is 187 g/mol. The van der Waals surface area contributed by atoms with Gasteiger partial charge in [0.15, 0.2) is 0 Å². The highest BCUT2D eigenvalue weighted by atomic mass is 16.6. The molecular weight excluding hydrogens is 166 g/mol. The first-order chi connectivity index (χ1) is 5.93. The van der Waals surface area contributed by atoms with Crippen LogP contribution in [0.3, 0.4) is 0 Å². The van der Waals surface area contributed by atoms with E-state index in [9.17, 15) is 4.79 Å². The second-order valence-electron chi connectivity index (χ2n) is 3.86. The molecule has 1 fully saturated rings. The van der Waals surface area contributed by atoms with Crippen LogP contribution < -0.4 is 5.32 Å². The Morgan fingerprint density at radius 3 is 2.00 bits per heavy atom. The SMILES string of the molecule is CC.CC(C)C1NC(=O)OC1(C)C. The molecule has 0 aliphatic carbocycles. The second kappa shape index (κ2) is 4.49. The van der Waals surface area contributed by atoms with Gasteiger partial charge in [0.1, 0.15) is 5.60 Å². The maximum atomic E-state index is 10.8. The van der Waals surface area contributed by atoms with Gasteiger partial charge in [-0.25, -0.2) is 4.79 Å². The molecule has 1 N–H and O–H groups in total. The lowest BCUT2D eigenvalue weighted by Gasteiger charge is -2.26. The van der Waals surface area contributed by atoms with Crippen molar-refractivity contribution in [1.29, 1.82) is 0 Å². The normalized spacial score (nSPS) is 24.5. The van der Waals surface area contributed by atoms with Gasteiger partial charge in [0.2, 0.25) is 0 Å². The highest BCUT2D eigenvalue weighted by Gasteiger charge is 2.42. The molecule has 1 heterocycles. The van der Waals surface area contributed by atoms with E-state index in [4.69, 9.17) is 4.74 Å². The molecule has 0 spiro atoms. The molecule has 78 valence electrons. The molecule has 0 bridgehead atoms. The number of hydrogen-bond donors (Lipinski definition) is 1. The van der Waals surface area contributed by atoms with Crippen molar-refractivity contribution in [3.8, 4) is 0 Å². The Morgan fingerprint density at radius 2 is 1.85 bits per heavy atom. The summed E-state index contributed by atoms with van der Waals surface area (Å²) in [5.41, 5.74) is -0.356. The number of rotatable bonds is 1. The number of ether oxygens (including phenoxy) is 1. The van der Waals surface area contributed by atoms with E-state index >= 15 is 0 Å². The van der Waals surface area contributed by atoms with Crippen LogP contribution in [0.4, 0.5) is 4.79 Å². The quantitative estimate of drug-likeness (QED) is 0.685. The number of carbonyl (C=O) groups excluding carboxylic acids is 1. The van der Waals surface area contributed by atoms with Crippen LogP contribution in [0.15, 0.2) is 0 Å². The van der Waals surface area contributed by atoms with E-state index in [1.54, 1.807) is 0 Å². The van der Waals surface area contributed by atoms with E-state index in [2.05, 4.69) is 19.2 Å². The van der Waals surface area contributed by atoms with Crippen molar-refractivity contribution in [3.05, 3.63) is 0 Å². The summed E-state index contributed by atoms with van der Waals surface area (Å²) >= 11 is 0. The third-order valence-electron chi connectivity index (χ3n) is 2.04. The number of carbonyl (C=O) groups is 1. The Labute approximate surface area is 80.8 Å². The van der Waals surface area contributed by atoms with Crippen molar-refractivity contribution < 1.29 is 9.53 Å². The minimum atomic E-state index is -0.356. The van der Waals surface area contributed by atoms with E-state index in [1.165, 1.54) is 0 Å². The summed E-state index contributed by atoms with van der Waals surface area (Å²) in [6.07, 6.45) is -0.297. The molecule has 1 aliphatic heterocycles. The van der Waals surface area contributed by atoms with Crippen LogP contribution in [0, 0.1) is 5.92 Å². The molecule has 1 atom stereocenters. The van der Waals surface area contributed by atoms with Crippen molar-refractivity contribution >= 4 is 6.09 Å². The van der Waals surface area contributed by atoms with E-state index in [0.29, 0.717) is 5.92 Å². The molecule has 0 saturated carbocycles. The molecule has 13 heavy (non-hydrogen) atoms. The Morgan fingerprint density at radius 1 is 1.38 bits per heavy atom. The molecule has 1 unspecified atom stereocenters. The van der Waals surface area contributed by atoms with Crippen LogP contribution in [0.5, 0.6) is 0 Å². The zero-order chi connectivity index (χ0) is 10.6. The van der Waals surface area contributed by atoms with Gasteiger partial charge in [-0.2, -0.15) is 0 Å². The van der Waals surface area contributed by atoms with Gasteiger partial charge >= 0.3 is 6.09 Å². The van der Waals surface area contributed by atoms with E-state index in [1.807, 2.05) is 27.7 Å². The van der Waals surface area contributed by atoms with Crippen LogP contribution in [-0.2, 0) is 4.74 Å². The van der Waals surface area contributed by atoms with Crippen molar-refractivity contribution in [2.45, 2.75) is 53.2 Å². The van der Waals surface area contributed by atoms with Gasteiger partial charge in [-0.05, 0) is 19.8 Å². The van der Waals surface area contributed by atoms with Crippen molar-refractivity contribution in [2.75, 3.05) is 0 Å². The van der Waals surface area contributed by atoms with Gasteiger partial charge in [0.05, 0.1) is 6.04 Å². The molecule has 3 heteroatoms. The van der Waals surface area contributed by atoms with Gasteiger partial charge < -0.3 is 10.1 Å². The molecule has 0 radical (unpaired) electrons. The minimum Gasteiger partial charge on any atom is -0.441 e. The highest BCUT2D eigenvalue weighted by Crippen LogP contribution is 2.26.